The van der Waals surface area contributed by atoms with Crippen molar-refractivity contribution in [2.24, 2.45) is 0 Å². The Labute approximate surface area is 258 Å². The number of likely N-dealkylation sites (tertiary alicyclic amines) is 2. The predicted octanol–water partition coefficient (Wildman–Crippen LogP) is 7.74. The molecule has 5 heteroatoms. The van der Waals surface area contributed by atoms with Gasteiger partial charge < -0.3 is 24.7 Å². The molecule has 2 aliphatic rings. The Morgan fingerprint density at radius 2 is 0.930 bits per heavy atom. The Morgan fingerprint density at radius 1 is 0.512 bits per heavy atom. The van der Waals surface area contributed by atoms with Crippen LogP contribution in [0.25, 0.3) is 22.3 Å². The minimum Gasteiger partial charge on any atom is -0.508 e. The first-order valence-electron chi connectivity index (χ1n) is 15.9. The van der Waals surface area contributed by atoms with Gasteiger partial charge in [-0.15, -0.1) is 0 Å². The first-order chi connectivity index (χ1) is 21.2. The van der Waals surface area contributed by atoms with E-state index in [4.69, 9.17) is 14.9 Å². The highest BCUT2D eigenvalue weighted by Gasteiger charge is 2.10. The Balaban J connectivity index is 0.000000163. The van der Waals surface area contributed by atoms with E-state index < -0.39 is 0 Å². The van der Waals surface area contributed by atoms with E-state index in [0.717, 1.165) is 37.3 Å². The molecule has 0 bridgehead atoms. The lowest BCUT2D eigenvalue weighted by atomic mass is 10.1. The van der Waals surface area contributed by atoms with Crippen LogP contribution in [0.4, 0.5) is 0 Å². The lowest BCUT2D eigenvalue weighted by Gasteiger charge is -2.14. The monoisotopic (exact) mass is 580 g/mol. The van der Waals surface area contributed by atoms with Crippen LogP contribution in [-0.2, 0) is 0 Å². The average Bonchev–Trinajstić information content (AvgIpc) is 3.79. The van der Waals surface area contributed by atoms with Crippen molar-refractivity contribution in [1.29, 1.82) is 0 Å². The van der Waals surface area contributed by atoms with Gasteiger partial charge in [0.05, 0.1) is 6.61 Å². The summed E-state index contributed by atoms with van der Waals surface area (Å²) < 4.78 is 5.83. The van der Waals surface area contributed by atoms with Gasteiger partial charge in [-0.1, -0.05) is 84.9 Å². The second kappa shape index (κ2) is 18.8. The lowest BCUT2D eigenvalue weighted by Crippen LogP contribution is -2.21. The smallest absolute Gasteiger partial charge is 0.119 e. The van der Waals surface area contributed by atoms with Crippen molar-refractivity contribution in [2.75, 3.05) is 52.5 Å². The zero-order valence-electron chi connectivity index (χ0n) is 25.5. The van der Waals surface area contributed by atoms with Crippen LogP contribution >= 0.6 is 0 Å². The molecule has 0 spiro atoms. The summed E-state index contributed by atoms with van der Waals surface area (Å²) in [7, 11) is 0. The highest BCUT2D eigenvalue weighted by atomic mass is 16.5. The molecule has 0 amide bonds. The molecule has 2 N–H and O–H groups in total. The van der Waals surface area contributed by atoms with E-state index in [-0.39, 0.29) is 0 Å². The Morgan fingerprint density at radius 3 is 1.40 bits per heavy atom. The summed E-state index contributed by atoms with van der Waals surface area (Å²) in [4.78, 5) is 4.94. The van der Waals surface area contributed by atoms with Crippen LogP contribution < -0.4 is 4.74 Å². The van der Waals surface area contributed by atoms with E-state index in [9.17, 15) is 0 Å². The molecular formula is C38H48N2O3. The van der Waals surface area contributed by atoms with Gasteiger partial charge >= 0.3 is 0 Å². The molecule has 43 heavy (non-hydrogen) atoms. The number of phenols is 1. The maximum absolute atomic E-state index is 9.10. The maximum Gasteiger partial charge on any atom is 0.119 e. The zero-order valence-corrected chi connectivity index (χ0v) is 25.5. The molecule has 228 valence electrons. The molecule has 0 atom stereocenters. The van der Waals surface area contributed by atoms with E-state index >= 15 is 0 Å². The molecule has 5 nitrogen and oxygen atoms in total. The molecular weight excluding hydrogens is 532 g/mol. The van der Waals surface area contributed by atoms with E-state index in [2.05, 4.69) is 58.3 Å². The predicted molar refractivity (Wildman–Crippen MR) is 179 cm³/mol. The van der Waals surface area contributed by atoms with Crippen molar-refractivity contribution in [3.63, 3.8) is 0 Å². The second-order valence-electron chi connectivity index (χ2n) is 11.2. The van der Waals surface area contributed by atoms with Crippen LogP contribution in [0.3, 0.4) is 0 Å². The number of aliphatic hydroxyl groups excluding tert-OH is 1. The number of rotatable bonds is 10. The molecule has 2 heterocycles. The fraction of sp³-hybridized carbons (Fsp3) is 0.368. The first-order valence-corrected chi connectivity index (χ1v) is 15.9. The quantitative estimate of drug-likeness (QED) is 0.188. The van der Waals surface area contributed by atoms with Crippen molar-refractivity contribution in [3.8, 4) is 33.8 Å². The van der Waals surface area contributed by atoms with Crippen LogP contribution in [0.15, 0.2) is 109 Å². The number of benzene rings is 4. The molecule has 4 aromatic rings. The van der Waals surface area contributed by atoms with Crippen LogP contribution in [0.5, 0.6) is 11.5 Å². The maximum atomic E-state index is 9.10. The topological polar surface area (TPSA) is 56.2 Å². The summed E-state index contributed by atoms with van der Waals surface area (Å²) in [6, 6.07) is 36.1. The number of aromatic hydroxyl groups is 1. The molecule has 6 rings (SSSR count). The van der Waals surface area contributed by atoms with Crippen LogP contribution in [-0.4, -0.2) is 72.5 Å². The van der Waals surface area contributed by atoms with E-state index in [1.807, 2.05) is 48.5 Å². The van der Waals surface area contributed by atoms with Crippen molar-refractivity contribution in [2.45, 2.75) is 38.5 Å². The van der Waals surface area contributed by atoms with Gasteiger partial charge in [-0.2, -0.15) is 0 Å². The Hall–Kier alpha value is -3.64. The normalized spacial score (nSPS) is 14.8. The van der Waals surface area contributed by atoms with E-state index in [1.165, 1.54) is 75.1 Å². The van der Waals surface area contributed by atoms with Crippen LogP contribution in [0.2, 0.25) is 0 Å². The van der Waals surface area contributed by atoms with Crippen molar-refractivity contribution >= 4 is 0 Å². The van der Waals surface area contributed by atoms with Gasteiger partial charge in [0.2, 0.25) is 0 Å². The summed E-state index contributed by atoms with van der Waals surface area (Å²) in [6.45, 7) is 8.45. The third-order valence-electron chi connectivity index (χ3n) is 7.85. The highest BCUT2D eigenvalue weighted by molar-refractivity contribution is 5.64. The summed E-state index contributed by atoms with van der Waals surface area (Å²) in [5, 5.41) is 17.6. The number of nitrogens with zero attached hydrogens (tertiary/aromatic N) is 2. The van der Waals surface area contributed by atoms with Crippen molar-refractivity contribution in [3.05, 3.63) is 109 Å². The van der Waals surface area contributed by atoms with Crippen molar-refractivity contribution < 1.29 is 14.9 Å². The molecule has 0 aliphatic carbocycles. The summed E-state index contributed by atoms with van der Waals surface area (Å²) >= 11 is 0. The summed E-state index contributed by atoms with van der Waals surface area (Å²) in [5.41, 5.74) is 4.78. The number of hydrogen-bond donors (Lipinski definition) is 2. The second-order valence-corrected chi connectivity index (χ2v) is 11.2. The third kappa shape index (κ3) is 11.9. The fourth-order valence-electron chi connectivity index (χ4n) is 5.44. The number of phenolic OH excluding ortho intramolecular Hbond substituents is 1. The SMILES string of the molecule is OCCCN1CCCC1.Oc1ccc(-c2ccccc2)cc1.c1ccc(-c2ccc(OCCCN3CCCC3)cc2)cc1. The van der Waals surface area contributed by atoms with Gasteiger partial charge in [0, 0.05) is 19.7 Å². The molecule has 2 saturated heterocycles. The van der Waals surface area contributed by atoms with Crippen molar-refractivity contribution in [1.82, 2.24) is 9.80 Å². The van der Waals surface area contributed by atoms with Gasteiger partial charge in [-0.05, 0) is 111 Å². The van der Waals surface area contributed by atoms with Crippen LogP contribution in [0.1, 0.15) is 38.5 Å². The molecule has 2 aliphatic heterocycles. The zero-order chi connectivity index (χ0) is 30.0. The first kappa shape index (κ1) is 32.3. The summed E-state index contributed by atoms with van der Waals surface area (Å²) in [5.74, 6) is 1.27. The lowest BCUT2D eigenvalue weighted by molar-refractivity contribution is 0.248. The molecule has 0 aromatic heterocycles. The molecule has 0 unspecified atom stereocenters. The van der Waals surface area contributed by atoms with Gasteiger partial charge in [0.25, 0.3) is 0 Å². The fourth-order valence-corrected chi connectivity index (χ4v) is 5.44. The standard InChI is InChI=1S/C19H23NO.C12H10O.C7H15NO/c1-2-7-17(8-3-1)18-9-11-19(12-10-18)21-16-6-15-20-13-4-5-14-20;13-12-8-6-11(7-9-12)10-4-2-1-3-5-10;9-7-3-6-8-4-1-2-5-8/h1-3,7-12H,4-6,13-16H2;1-9,13H;9H,1-7H2. The minimum atomic E-state index is 0.305. The van der Waals surface area contributed by atoms with E-state index in [1.54, 1.807) is 12.1 Å². The van der Waals surface area contributed by atoms with Gasteiger partial charge in [0.15, 0.2) is 0 Å². The highest BCUT2D eigenvalue weighted by Crippen LogP contribution is 2.23. The Kier molecular flexibility index (Phi) is 14.1. The minimum absolute atomic E-state index is 0.305. The molecule has 0 radical (unpaired) electrons. The average molecular weight is 581 g/mol. The number of aliphatic hydroxyl groups is 1. The largest absolute Gasteiger partial charge is 0.508 e. The summed E-state index contributed by atoms with van der Waals surface area (Å²) in [6.07, 6.45) is 7.49. The van der Waals surface area contributed by atoms with Gasteiger partial charge in [-0.25, -0.2) is 0 Å². The van der Waals surface area contributed by atoms with Crippen LogP contribution in [0, 0.1) is 0 Å². The number of ether oxygens (including phenoxy) is 1. The molecule has 2 fully saturated rings. The molecule has 0 saturated carbocycles. The number of hydrogen-bond acceptors (Lipinski definition) is 5. The molecule has 4 aromatic carbocycles. The Bertz CT molecular complexity index is 1250. The third-order valence-corrected chi connectivity index (χ3v) is 7.85. The van der Waals surface area contributed by atoms with Gasteiger partial charge in [-0.3, -0.25) is 0 Å². The van der Waals surface area contributed by atoms with E-state index in [0.29, 0.717) is 12.4 Å². The van der Waals surface area contributed by atoms with Gasteiger partial charge in [0.1, 0.15) is 11.5 Å².